The molecule has 19 heavy (non-hydrogen) atoms. The molecule has 1 saturated heterocycles. The molecule has 2 aliphatic rings. The van der Waals surface area contributed by atoms with Gasteiger partial charge in [0.15, 0.2) is 0 Å². The molecule has 0 spiro atoms. The van der Waals surface area contributed by atoms with Crippen LogP contribution >= 0.6 is 0 Å². The van der Waals surface area contributed by atoms with Crippen molar-refractivity contribution >= 4 is 5.91 Å². The maximum absolute atomic E-state index is 12.6. The first kappa shape index (κ1) is 14.6. The molecule has 2 atom stereocenters. The quantitative estimate of drug-likeness (QED) is 0.841. The molecule has 110 valence electrons. The molecule has 0 aromatic carbocycles. The Labute approximate surface area is 111 Å². The second-order valence-electron chi connectivity index (χ2n) is 5.67. The standard InChI is InChI=1S/C13H21F3N2O/c14-13(15,16)10-4-6-18(7-5-10)12(19)11-3-1-2-9(11)8-17/h9-11H,1-8,17H2/t9-,11-/m1/s1. The highest BCUT2D eigenvalue weighted by atomic mass is 19.4. The van der Waals surface area contributed by atoms with Gasteiger partial charge in [0.05, 0.1) is 5.92 Å². The molecule has 0 aromatic heterocycles. The topological polar surface area (TPSA) is 46.3 Å². The molecular weight excluding hydrogens is 257 g/mol. The maximum atomic E-state index is 12.6. The maximum Gasteiger partial charge on any atom is 0.391 e. The number of alkyl halides is 3. The fraction of sp³-hybridized carbons (Fsp3) is 0.923. The van der Waals surface area contributed by atoms with Crippen LogP contribution < -0.4 is 5.73 Å². The zero-order valence-corrected chi connectivity index (χ0v) is 11.0. The lowest BCUT2D eigenvalue weighted by Gasteiger charge is -2.35. The second kappa shape index (κ2) is 5.69. The van der Waals surface area contributed by atoms with Crippen LogP contribution in [0.25, 0.3) is 0 Å². The Morgan fingerprint density at radius 2 is 1.79 bits per heavy atom. The summed E-state index contributed by atoms with van der Waals surface area (Å²) in [4.78, 5) is 13.9. The number of nitrogens with two attached hydrogens (primary N) is 1. The molecule has 2 fully saturated rings. The fourth-order valence-corrected chi connectivity index (χ4v) is 3.31. The van der Waals surface area contributed by atoms with E-state index in [1.807, 2.05) is 0 Å². The first-order valence-corrected chi connectivity index (χ1v) is 6.99. The molecule has 2 rings (SSSR count). The van der Waals surface area contributed by atoms with E-state index < -0.39 is 12.1 Å². The minimum absolute atomic E-state index is 0.0218. The highest BCUT2D eigenvalue weighted by Crippen LogP contribution is 2.36. The van der Waals surface area contributed by atoms with E-state index in [0.717, 1.165) is 19.3 Å². The van der Waals surface area contributed by atoms with Crippen LogP contribution in [0.1, 0.15) is 32.1 Å². The average molecular weight is 278 g/mol. The van der Waals surface area contributed by atoms with Gasteiger partial charge in [0.1, 0.15) is 0 Å². The SMILES string of the molecule is NC[C@H]1CCC[C@H]1C(=O)N1CCC(C(F)(F)F)CC1. The third kappa shape index (κ3) is 3.22. The summed E-state index contributed by atoms with van der Waals surface area (Å²) >= 11 is 0. The number of carbonyl (C=O) groups excluding carboxylic acids is 1. The number of amides is 1. The molecule has 6 heteroatoms. The van der Waals surface area contributed by atoms with Gasteiger partial charge in [-0.2, -0.15) is 13.2 Å². The van der Waals surface area contributed by atoms with Gasteiger partial charge >= 0.3 is 6.18 Å². The largest absolute Gasteiger partial charge is 0.391 e. The third-order valence-corrected chi connectivity index (χ3v) is 4.55. The number of likely N-dealkylation sites (tertiary alicyclic amines) is 1. The molecule has 0 radical (unpaired) electrons. The normalized spacial score (nSPS) is 29.8. The van der Waals surface area contributed by atoms with Crippen LogP contribution in [0.3, 0.4) is 0 Å². The number of piperidine rings is 1. The van der Waals surface area contributed by atoms with E-state index in [9.17, 15) is 18.0 Å². The summed E-state index contributed by atoms with van der Waals surface area (Å²) < 4.78 is 37.7. The van der Waals surface area contributed by atoms with Crippen molar-refractivity contribution in [3.8, 4) is 0 Å². The highest BCUT2D eigenvalue weighted by Gasteiger charge is 2.43. The molecule has 1 amide bonds. The van der Waals surface area contributed by atoms with Crippen LogP contribution in [0, 0.1) is 17.8 Å². The molecule has 1 aliphatic heterocycles. The molecule has 1 saturated carbocycles. The van der Waals surface area contributed by atoms with Crippen LogP contribution in [-0.4, -0.2) is 36.6 Å². The van der Waals surface area contributed by atoms with Crippen molar-refractivity contribution < 1.29 is 18.0 Å². The smallest absolute Gasteiger partial charge is 0.342 e. The first-order valence-electron chi connectivity index (χ1n) is 6.99. The lowest BCUT2D eigenvalue weighted by atomic mass is 9.91. The van der Waals surface area contributed by atoms with Crippen LogP contribution in [-0.2, 0) is 4.79 Å². The lowest BCUT2D eigenvalue weighted by Crippen LogP contribution is -2.45. The predicted molar refractivity (Wildman–Crippen MR) is 65.2 cm³/mol. The molecule has 0 aromatic rings. The van der Waals surface area contributed by atoms with Gasteiger partial charge in [-0.3, -0.25) is 4.79 Å². The van der Waals surface area contributed by atoms with Gasteiger partial charge in [0, 0.05) is 19.0 Å². The fourth-order valence-electron chi connectivity index (χ4n) is 3.31. The Balaban J connectivity index is 1.89. The molecule has 1 aliphatic carbocycles. The first-order chi connectivity index (χ1) is 8.93. The Kier molecular flexibility index (Phi) is 4.38. The Morgan fingerprint density at radius 3 is 2.32 bits per heavy atom. The van der Waals surface area contributed by atoms with Crippen molar-refractivity contribution in [1.82, 2.24) is 4.90 Å². The van der Waals surface area contributed by atoms with E-state index in [-0.39, 0.29) is 43.7 Å². The van der Waals surface area contributed by atoms with E-state index in [4.69, 9.17) is 5.73 Å². The summed E-state index contributed by atoms with van der Waals surface area (Å²) in [6.45, 7) is 0.961. The van der Waals surface area contributed by atoms with Gasteiger partial charge in [-0.25, -0.2) is 0 Å². The molecule has 1 heterocycles. The summed E-state index contributed by atoms with van der Waals surface area (Å²) in [5, 5.41) is 0. The molecule has 0 bridgehead atoms. The van der Waals surface area contributed by atoms with E-state index in [0.29, 0.717) is 6.54 Å². The van der Waals surface area contributed by atoms with Crippen molar-refractivity contribution in [2.24, 2.45) is 23.5 Å². The van der Waals surface area contributed by atoms with Crippen molar-refractivity contribution in [2.45, 2.75) is 38.3 Å². The van der Waals surface area contributed by atoms with E-state index in [1.54, 1.807) is 4.90 Å². The summed E-state index contributed by atoms with van der Waals surface area (Å²) in [5.41, 5.74) is 5.65. The van der Waals surface area contributed by atoms with Crippen LogP contribution in [0.2, 0.25) is 0 Å². The number of hydrogen-bond acceptors (Lipinski definition) is 2. The Bertz CT molecular complexity index is 324. The van der Waals surface area contributed by atoms with Crippen molar-refractivity contribution in [3.05, 3.63) is 0 Å². The zero-order chi connectivity index (χ0) is 14.0. The van der Waals surface area contributed by atoms with Crippen molar-refractivity contribution in [1.29, 1.82) is 0 Å². The third-order valence-electron chi connectivity index (χ3n) is 4.55. The predicted octanol–water partition coefficient (Wildman–Crippen LogP) is 2.16. The Hall–Kier alpha value is -0.780. The molecule has 0 unspecified atom stereocenters. The van der Waals surface area contributed by atoms with E-state index in [1.165, 1.54) is 0 Å². The highest BCUT2D eigenvalue weighted by molar-refractivity contribution is 5.79. The average Bonchev–Trinajstić information content (AvgIpc) is 2.85. The van der Waals surface area contributed by atoms with Crippen molar-refractivity contribution in [3.63, 3.8) is 0 Å². The minimum atomic E-state index is -4.12. The van der Waals surface area contributed by atoms with E-state index >= 15 is 0 Å². The van der Waals surface area contributed by atoms with Crippen LogP contribution in [0.15, 0.2) is 0 Å². The van der Waals surface area contributed by atoms with Gasteiger partial charge in [-0.15, -0.1) is 0 Å². The number of halogens is 3. The lowest BCUT2D eigenvalue weighted by molar-refractivity contribution is -0.187. The summed E-state index contributed by atoms with van der Waals surface area (Å²) in [6, 6.07) is 0. The number of nitrogens with zero attached hydrogens (tertiary/aromatic N) is 1. The van der Waals surface area contributed by atoms with Crippen LogP contribution in [0.5, 0.6) is 0 Å². The van der Waals surface area contributed by atoms with E-state index in [2.05, 4.69) is 0 Å². The van der Waals surface area contributed by atoms with Gasteiger partial charge in [0.2, 0.25) is 5.91 Å². The molecular formula is C13H21F3N2O. The van der Waals surface area contributed by atoms with Gasteiger partial charge in [-0.05, 0) is 38.1 Å². The minimum Gasteiger partial charge on any atom is -0.342 e. The number of rotatable bonds is 2. The second-order valence-corrected chi connectivity index (χ2v) is 5.67. The Morgan fingerprint density at radius 1 is 1.16 bits per heavy atom. The van der Waals surface area contributed by atoms with Crippen molar-refractivity contribution in [2.75, 3.05) is 19.6 Å². The van der Waals surface area contributed by atoms with Gasteiger partial charge in [-0.1, -0.05) is 6.42 Å². The molecule has 2 N–H and O–H groups in total. The zero-order valence-electron chi connectivity index (χ0n) is 11.0. The summed E-state index contributed by atoms with van der Waals surface area (Å²) in [6.07, 6.45) is -1.25. The summed E-state index contributed by atoms with van der Waals surface area (Å²) in [7, 11) is 0. The van der Waals surface area contributed by atoms with Crippen LogP contribution in [0.4, 0.5) is 13.2 Å². The van der Waals surface area contributed by atoms with Gasteiger partial charge < -0.3 is 10.6 Å². The number of carbonyl (C=O) groups is 1. The number of hydrogen-bond donors (Lipinski definition) is 1. The summed E-state index contributed by atoms with van der Waals surface area (Å²) in [5.74, 6) is -1.07. The molecule has 3 nitrogen and oxygen atoms in total. The monoisotopic (exact) mass is 278 g/mol. The van der Waals surface area contributed by atoms with Gasteiger partial charge in [0.25, 0.3) is 0 Å².